The number of ether oxygens (including phenoxy) is 2. The van der Waals surface area contributed by atoms with E-state index >= 15 is 0 Å². The van der Waals surface area contributed by atoms with E-state index in [1.54, 1.807) is 44.4 Å². The van der Waals surface area contributed by atoms with Gasteiger partial charge in [-0.3, -0.25) is 4.79 Å². The minimum absolute atomic E-state index is 0.216. The van der Waals surface area contributed by atoms with Gasteiger partial charge in [-0.05, 0) is 44.2 Å². The van der Waals surface area contributed by atoms with Crippen LogP contribution in [-0.2, 0) is 4.79 Å². The molecule has 7 heteroatoms. The first kappa shape index (κ1) is 19.2. The fourth-order valence-corrected chi connectivity index (χ4v) is 2.75. The van der Waals surface area contributed by atoms with Gasteiger partial charge in [0, 0.05) is 27.5 Å². The fourth-order valence-electron chi connectivity index (χ4n) is 2.22. The summed E-state index contributed by atoms with van der Waals surface area (Å²) in [6.07, 6.45) is 0. The highest BCUT2D eigenvalue weighted by Gasteiger charge is 2.15. The molecule has 0 fully saturated rings. The Balaban J connectivity index is 2.05. The Bertz CT molecular complexity index is 733. The molecule has 25 heavy (non-hydrogen) atoms. The Morgan fingerprint density at radius 2 is 1.76 bits per heavy atom. The molecule has 0 spiro atoms. The number of hydrogen-bond donors (Lipinski definition) is 2. The van der Waals surface area contributed by atoms with Gasteiger partial charge in [0.2, 0.25) is 5.91 Å². The Morgan fingerprint density at radius 3 is 2.36 bits per heavy atom. The molecule has 0 aliphatic rings. The molecule has 1 amide bonds. The molecule has 0 unspecified atom stereocenters. The molecule has 0 heterocycles. The van der Waals surface area contributed by atoms with Crippen molar-refractivity contribution in [3.8, 4) is 11.5 Å². The third-order valence-electron chi connectivity index (χ3n) is 3.37. The highest BCUT2D eigenvalue weighted by molar-refractivity contribution is 6.35. The standard InChI is InChI=1S/C18H20Cl2N2O3/c1-4-25-16-6-5-14(10-17(16)24-3)21-11(2)18(23)22-15-8-12(19)7-13(20)9-15/h5-11,21H,4H2,1-3H3,(H,22,23)/t11-/m0/s1. The lowest BCUT2D eigenvalue weighted by molar-refractivity contribution is -0.116. The van der Waals surface area contributed by atoms with Gasteiger partial charge in [0.05, 0.1) is 13.7 Å². The highest BCUT2D eigenvalue weighted by atomic mass is 35.5. The number of nitrogens with one attached hydrogen (secondary N) is 2. The van der Waals surface area contributed by atoms with Crippen LogP contribution in [0.3, 0.4) is 0 Å². The van der Waals surface area contributed by atoms with Gasteiger partial charge in [-0.1, -0.05) is 23.2 Å². The van der Waals surface area contributed by atoms with E-state index < -0.39 is 6.04 Å². The molecule has 2 rings (SSSR count). The molecule has 2 aromatic rings. The normalized spacial score (nSPS) is 11.6. The second-order valence-corrected chi connectivity index (χ2v) is 6.18. The van der Waals surface area contributed by atoms with E-state index in [1.807, 2.05) is 13.0 Å². The summed E-state index contributed by atoms with van der Waals surface area (Å²) in [6, 6.07) is 9.80. The molecule has 5 nitrogen and oxygen atoms in total. The summed E-state index contributed by atoms with van der Waals surface area (Å²) in [6.45, 7) is 4.20. The first-order valence-corrected chi connectivity index (χ1v) is 8.53. The van der Waals surface area contributed by atoms with Crippen LogP contribution >= 0.6 is 23.2 Å². The highest BCUT2D eigenvalue weighted by Crippen LogP contribution is 2.30. The van der Waals surface area contributed by atoms with Crippen LogP contribution in [0.5, 0.6) is 11.5 Å². The van der Waals surface area contributed by atoms with Crippen molar-refractivity contribution in [2.45, 2.75) is 19.9 Å². The van der Waals surface area contributed by atoms with Gasteiger partial charge < -0.3 is 20.1 Å². The van der Waals surface area contributed by atoms with E-state index in [1.165, 1.54) is 0 Å². The average molecular weight is 383 g/mol. The van der Waals surface area contributed by atoms with Crippen molar-refractivity contribution in [2.24, 2.45) is 0 Å². The number of halogens is 2. The molecule has 2 N–H and O–H groups in total. The summed E-state index contributed by atoms with van der Waals surface area (Å²) in [5, 5.41) is 6.82. The Labute approximate surface area is 157 Å². The van der Waals surface area contributed by atoms with Crippen molar-refractivity contribution in [3.63, 3.8) is 0 Å². The van der Waals surface area contributed by atoms with Crippen molar-refractivity contribution in [1.29, 1.82) is 0 Å². The van der Waals surface area contributed by atoms with Gasteiger partial charge >= 0.3 is 0 Å². The molecule has 134 valence electrons. The lowest BCUT2D eigenvalue weighted by Gasteiger charge is -2.17. The molecule has 0 bridgehead atoms. The van der Waals surface area contributed by atoms with E-state index in [2.05, 4.69) is 10.6 Å². The van der Waals surface area contributed by atoms with Crippen LogP contribution in [0, 0.1) is 0 Å². The Morgan fingerprint density at radius 1 is 1.08 bits per heavy atom. The number of methoxy groups -OCH3 is 1. The fraction of sp³-hybridized carbons (Fsp3) is 0.278. The van der Waals surface area contributed by atoms with Crippen molar-refractivity contribution < 1.29 is 14.3 Å². The van der Waals surface area contributed by atoms with Gasteiger partial charge in [0.1, 0.15) is 6.04 Å². The third kappa shape index (κ3) is 5.44. The monoisotopic (exact) mass is 382 g/mol. The number of hydrogen-bond acceptors (Lipinski definition) is 4. The molecule has 0 aromatic heterocycles. The van der Waals surface area contributed by atoms with Crippen molar-refractivity contribution in [3.05, 3.63) is 46.4 Å². The van der Waals surface area contributed by atoms with Crippen LogP contribution in [0.1, 0.15) is 13.8 Å². The van der Waals surface area contributed by atoms with Gasteiger partial charge in [-0.25, -0.2) is 0 Å². The van der Waals surface area contributed by atoms with Crippen LogP contribution in [0.15, 0.2) is 36.4 Å². The Hall–Kier alpha value is -2.11. The second-order valence-electron chi connectivity index (χ2n) is 5.31. The number of carbonyl (C=O) groups is 1. The molecular weight excluding hydrogens is 363 g/mol. The first-order chi connectivity index (χ1) is 11.9. The molecule has 0 saturated heterocycles. The quantitative estimate of drug-likeness (QED) is 0.718. The second kappa shape index (κ2) is 8.83. The van der Waals surface area contributed by atoms with Gasteiger partial charge in [-0.2, -0.15) is 0 Å². The van der Waals surface area contributed by atoms with E-state index in [0.717, 1.165) is 5.69 Å². The first-order valence-electron chi connectivity index (χ1n) is 7.77. The van der Waals surface area contributed by atoms with E-state index in [9.17, 15) is 4.79 Å². The minimum Gasteiger partial charge on any atom is -0.493 e. The summed E-state index contributed by atoms with van der Waals surface area (Å²) in [5.41, 5.74) is 1.28. The smallest absolute Gasteiger partial charge is 0.246 e. The predicted molar refractivity (Wildman–Crippen MR) is 102 cm³/mol. The molecule has 1 atom stereocenters. The molecule has 0 saturated carbocycles. The lowest BCUT2D eigenvalue weighted by atomic mass is 10.2. The van der Waals surface area contributed by atoms with Crippen LogP contribution in [0.25, 0.3) is 0 Å². The zero-order valence-corrected chi connectivity index (χ0v) is 15.7. The minimum atomic E-state index is -0.486. The van der Waals surface area contributed by atoms with Crippen LogP contribution in [0.4, 0.5) is 11.4 Å². The molecular formula is C18H20Cl2N2O3. The SMILES string of the molecule is CCOc1ccc(N[C@@H](C)C(=O)Nc2cc(Cl)cc(Cl)c2)cc1OC. The average Bonchev–Trinajstić information content (AvgIpc) is 2.55. The van der Waals surface area contributed by atoms with E-state index in [-0.39, 0.29) is 5.91 Å². The molecule has 2 aromatic carbocycles. The third-order valence-corrected chi connectivity index (χ3v) is 3.81. The number of carbonyl (C=O) groups excluding carboxylic acids is 1. The van der Waals surface area contributed by atoms with Gasteiger partial charge in [0.25, 0.3) is 0 Å². The largest absolute Gasteiger partial charge is 0.493 e. The van der Waals surface area contributed by atoms with Crippen LogP contribution in [-0.4, -0.2) is 25.7 Å². The summed E-state index contributed by atoms with van der Waals surface area (Å²) >= 11 is 11.9. The van der Waals surface area contributed by atoms with Crippen molar-refractivity contribution >= 4 is 40.5 Å². The maximum Gasteiger partial charge on any atom is 0.246 e. The van der Waals surface area contributed by atoms with Crippen LogP contribution < -0.4 is 20.1 Å². The van der Waals surface area contributed by atoms with E-state index in [0.29, 0.717) is 33.8 Å². The summed E-state index contributed by atoms with van der Waals surface area (Å²) in [7, 11) is 1.57. The Kier molecular flexibility index (Phi) is 6.79. The van der Waals surface area contributed by atoms with Crippen molar-refractivity contribution in [2.75, 3.05) is 24.4 Å². The van der Waals surface area contributed by atoms with Crippen LogP contribution in [0.2, 0.25) is 10.0 Å². The van der Waals surface area contributed by atoms with Gasteiger partial charge in [0.15, 0.2) is 11.5 Å². The summed E-state index contributed by atoms with van der Waals surface area (Å²) < 4.78 is 10.8. The summed E-state index contributed by atoms with van der Waals surface area (Å²) in [5.74, 6) is 1.04. The lowest BCUT2D eigenvalue weighted by Crippen LogP contribution is -2.31. The number of amides is 1. The topological polar surface area (TPSA) is 59.6 Å². The zero-order valence-electron chi connectivity index (χ0n) is 14.2. The molecule has 0 radical (unpaired) electrons. The number of rotatable bonds is 7. The number of benzene rings is 2. The van der Waals surface area contributed by atoms with Gasteiger partial charge in [-0.15, -0.1) is 0 Å². The molecule has 0 aliphatic heterocycles. The van der Waals surface area contributed by atoms with E-state index in [4.69, 9.17) is 32.7 Å². The number of anilines is 2. The predicted octanol–water partition coefficient (Wildman–Crippen LogP) is 4.84. The summed E-state index contributed by atoms with van der Waals surface area (Å²) in [4.78, 5) is 12.3. The van der Waals surface area contributed by atoms with Crippen molar-refractivity contribution in [1.82, 2.24) is 0 Å². The zero-order chi connectivity index (χ0) is 18.4. The molecule has 0 aliphatic carbocycles. The maximum atomic E-state index is 12.3. The maximum absolute atomic E-state index is 12.3.